The first-order chi connectivity index (χ1) is 14.4. The van der Waals surface area contributed by atoms with Gasteiger partial charge in [-0.2, -0.15) is 0 Å². The van der Waals surface area contributed by atoms with E-state index < -0.39 is 6.23 Å². The average molecular weight is 448 g/mol. The van der Waals surface area contributed by atoms with Gasteiger partial charge in [0.05, 0.1) is 6.61 Å². The van der Waals surface area contributed by atoms with Gasteiger partial charge in [0, 0.05) is 21.5 Å². The number of nitrogens with one attached hydrogen (secondary N) is 1. The highest BCUT2D eigenvalue weighted by Gasteiger charge is 2.58. The van der Waals surface area contributed by atoms with E-state index in [0.717, 1.165) is 35.1 Å². The average Bonchev–Trinajstić information content (AvgIpc) is 2.99. The maximum atomic E-state index is 11.0. The summed E-state index contributed by atoms with van der Waals surface area (Å²) in [6, 6.07) is 14.5. The van der Waals surface area contributed by atoms with Crippen molar-refractivity contribution in [2.24, 2.45) is 11.3 Å². The highest BCUT2D eigenvalue weighted by molar-refractivity contribution is 6.31. The molecular formula is C25H31Cl2NO2. The maximum absolute atomic E-state index is 11.0. The predicted octanol–water partition coefficient (Wildman–Crippen LogP) is 6.38. The summed E-state index contributed by atoms with van der Waals surface area (Å²) >= 11 is 13.0. The lowest BCUT2D eigenvalue weighted by atomic mass is 9.54. The topological polar surface area (TPSA) is 41.5 Å². The molecule has 3 nitrogen and oxygen atoms in total. The van der Waals surface area contributed by atoms with Crippen molar-refractivity contribution in [3.63, 3.8) is 0 Å². The summed E-state index contributed by atoms with van der Waals surface area (Å²) in [5.41, 5.74) is 2.30. The van der Waals surface area contributed by atoms with Crippen LogP contribution in [0.2, 0.25) is 10.0 Å². The zero-order chi connectivity index (χ0) is 21.5. The summed E-state index contributed by atoms with van der Waals surface area (Å²) < 4.78 is 5.65. The van der Waals surface area contributed by atoms with Crippen molar-refractivity contribution in [3.05, 3.63) is 63.6 Å². The Balaban J connectivity index is 1.81. The van der Waals surface area contributed by atoms with Crippen LogP contribution in [-0.2, 0) is 0 Å². The lowest BCUT2D eigenvalue weighted by Crippen LogP contribution is -2.45. The highest BCUT2D eigenvalue weighted by Crippen LogP contribution is 2.61. The van der Waals surface area contributed by atoms with E-state index in [2.05, 4.69) is 37.4 Å². The fraction of sp³-hybridized carbons (Fsp3) is 0.520. The standard InChI is InChI=1S/C25H31Cl2NO2/c1-4-25-13-12-20(19-11-10-18(30-5-2)14-21(19)27)22(16-6-8-17(26)9-7-16)23(25)15(3)28-24(25)29/h6-11,14-15,20,22-24,28-29H,4-5,12-13H2,1-3H3/t15-,20+,22+,23+,24?,25-/m1/s1. The van der Waals surface area contributed by atoms with Crippen LogP contribution in [0.5, 0.6) is 5.75 Å². The second-order valence-corrected chi connectivity index (χ2v) is 9.65. The molecule has 2 fully saturated rings. The third kappa shape index (κ3) is 3.64. The number of rotatable bonds is 5. The molecule has 4 rings (SSSR count). The Morgan fingerprint density at radius 1 is 1.13 bits per heavy atom. The lowest BCUT2D eigenvalue weighted by molar-refractivity contribution is -0.0267. The van der Waals surface area contributed by atoms with Gasteiger partial charge in [0.25, 0.3) is 0 Å². The number of aliphatic hydroxyl groups excluding tert-OH is 1. The zero-order valence-electron chi connectivity index (χ0n) is 17.9. The fourth-order valence-corrected chi connectivity index (χ4v) is 6.61. The van der Waals surface area contributed by atoms with Gasteiger partial charge in [-0.15, -0.1) is 0 Å². The minimum absolute atomic E-state index is 0.127. The largest absolute Gasteiger partial charge is 0.494 e. The first-order valence-electron chi connectivity index (χ1n) is 11.0. The summed E-state index contributed by atoms with van der Waals surface area (Å²) in [6.07, 6.45) is 2.43. The van der Waals surface area contributed by atoms with E-state index in [9.17, 15) is 5.11 Å². The third-order valence-corrected chi connectivity index (χ3v) is 8.08. The number of hydrogen-bond donors (Lipinski definition) is 2. The van der Waals surface area contributed by atoms with Crippen molar-refractivity contribution in [2.75, 3.05) is 6.61 Å². The number of hydrogen-bond acceptors (Lipinski definition) is 3. The minimum Gasteiger partial charge on any atom is -0.494 e. The summed E-state index contributed by atoms with van der Waals surface area (Å²) in [5, 5.41) is 15.9. The van der Waals surface area contributed by atoms with Gasteiger partial charge in [-0.3, -0.25) is 5.32 Å². The summed E-state index contributed by atoms with van der Waals surface area (Å²) in [5.74, 6) is 1.62. The number of halogens is 2. The molecule has 2 aromatic rings. The van der Waals surface area contributed by atoms with Crippen LogP contribution in [0.4, 0.5) is 0 Å². The SMILES string of the molecule is CCOc1ccc([C@@H]2CC[C@@]3(CC)C(O)N[C@H](C)[C@H]3[C@H]2c2ccc(Cl)cc2)c(Cl)c1. The Labute approximate surface area is 189 Å². The van der Waals surface area contributed by atoms with Crippen LogP contribution in [0.3, 0.4) is 0 Å². The summed E-state index contributed by atoms with van der Waals surface area (Å²) in [7, 11) is 0. The van der Waals surface area contributed by atoms with Crippen molar-refractivity contribution in [1.82, 2.24) is 5.32 Å². The summed E-state index contributed by atoms with van der Waals surface area (Å²) in [6.45, 7) is 7.01. The van der Waals surface area contributed by atoms with Gasteiger partial charge >= 0.3 is 0 Å². The molecule has 1 aliphatic carbocycles. The van der Waals surface area contributed by atoms with Gasteiger partial charge in [-0.25, -0.2) is 0 Å². The second-order valence-electron chi connectivity index (χ2n) is 8.81. The van der Waals surface area contributed by atoms with Gasteiger partial charge < -0.3 is 9.84 Å². The molecule has 1 saturated carbocycles. The minimum atomic E-state index is -0.478. The van der Waals surface area contributed by atoms with Gasteiger partial charge in [0.2, 0.25) is 0 Å². The quantitative estimate of drug-likeness (QED) is 0.558. The van der Waals surface area contributed by atoms with Crippen LogP contribution in [0, 0.1) is 11.3 Å². The number of fused-ring (bicyclic) bond motifs is 1. The normalized spacial score (nSPS) is 33.3. The molecule has 1 unspecified atom stereocenters. The first-order valence-corrected chi connectivity index (χ1v) is 11.8. The Morgan fingerprint density at radius 3 is 2.50 bits per heavy atom. The molecule has 2 N–H and O–H groups in total. The Bertz CT molecular complexity index is 887. The van der Waals surface area contributed by atoms with E-state index >= 15 is 0 Å². The molecule has 2 aromatic carbocycles. The molecule has 162 valence electrons. The Kier molecular flexibility index (Phi) is 6.37. The molecule has 1 saturated heterocycles. The van der Waals surface area contributed by atoms with E-state index in [1.165, 1.54) is 11.1 Å². The maximum Gasteiger partial charge on any atom is 0.120 e. The Morgan fingerprint density at radius 2 is 1.87 bits per heavy atom. The first kappa shape index (κ1) is 22.0. The van der Waals surface area contributed by atoms with Crippen molar-refractivity contribution in [1.29, 1.82) is 0 Å². The molecule has 1 aliphatic heterocycles. The number of ether oxygens (including phenoxy) is 1. The van der Waals surface area contributed by atoms with Crippen LogP contribution in [0.15, 0.2) is 42.5 Å². The van der Waals surface area contributed by atoms with Gasteiger partial charge in [0.1, 0.15) is 12.0 Å². The van der Waals surface area contributed by atoms with Crippen LogP contribution in [0.1, 0.15) is 63.0 Å². The zero-order valence-corrected chi connectivity index (χ0v) is 19.4. The van der Waals surface area contributed by atoms with E-state index in [4.69, 9.17) is 27.9 Å². The fourth-order valence-electron chi connectivity index (χ4n) is 6.17. The molecule has 2 aliphatic rings. The van der Waals surface area contributed by atoms with E-state index in [1.54, 1.807) is 0 Å². The van der Waals surface area contributed by atoms with Crippen LogP contribution in [0.25, 0.3) is 0 Å². The molecule has 0 spiro atoms. The lowest BCUT2D eigenvalue weighted by Gasteiger charge is -2.50. The van der Waals surface area contributed by atoms with Crippen LogP contribution < -0.4 is 10.1 Å². The predicted molar refractivity (Wildman–Crippen MR) is 124 cm³/mol. The molecule has 0 radical (unpaired) electrons. The number of aliphatic hydroxyl groups is 1. The molecule has 0 bridgehead atoms. The van der Waals surface area contributed by atoms with Gasteiger partial charge in [0.15, 0.2) is 0 Å². The van der Waals surface area contributed by atoms with Crippen molar-refractivity contribution in [3.8, 4) is 5.75 Å². The molecular weight excluding hydrogens is 417 g/mol. The molecule has 0 amide bonds. The molecule has 30 heavy (non-hydrogen) atoms. The molecule has 1 heterocycles. The monoisotopic (exact) mass is 447 g/mol. The van der Waals surface area contributed by atoms with Gasteiger partial charge in [-0.1, -0.05) is 48.3 Å². The van der Waals surface area contributed by atoms with Gasteiger partial charge in [-0.05, 0) is 86.3 Å². The summed E-state index contributed by atoms with van der Waals surface area (Å²) in [4.78, 5) is 0. The van der Waals surface area contributed by atoms with Crippen molar-refractivity contribution < 1.29 is 9.84 Å². The van der Waals surface area contributed by atoms with Crippen LogP contribution in [-0.4, -0.2) is 24.0 Å². The molecule has 6 atom stereocenters. The smallest absolute Gasteiger partial charge is 0.120 e. The van der Waals surface area contributed by atoms with Crippen LogP contribution >= 0.6 is 23.2 Å². The second kappa shape index (κ2) is 8.70. The number of benzene rings is 2. The highest BCUT2D eigenvalue weighted by atomic mass is 35.5. The van der Waals surface area contributed by atoms with E-state index in [0.29, 0.717) is 12.5 Å². The molecule has 0 aromatic heterocycles. The van der Waals surface area contributed by atoms with E-state index in [1.807, 2.05) is 31.2 Å². The van der Waals surface area contributed by atoms with Crippen molar-refractivity contribution >= 4 is 23.2 Å². The van der Waals surface area contributed by atoms with Crippen molar-refractivity contribution in [2.45, 2.75) is 64.1 Å². The third-order valence-electron chi connectivity index (χ3n) is 7.50. The van der Waals surface area contributed by atoms with E-state index in [-0.39, 0.29) is 23.3 Å². The Hall–Kier alpha value is -1.26. The molecule has 5 heteroatoms.